The quantitative estimate of drug-likeness (QED) is 0.0341. The second-order valence-corrected chi connectivity index (χ2v) is 10.4. The second kappa shape index (κ2) is 18.0. The Hall–Kier alpha value is -5.96. The number of hydrogen-bond donors (Lipinski definition) is 9. The summed E-state index contributed by atoms with van der Waals surface area (Å²) in [4.78, 5) is 34.2. The van der Waals surface area contributed by atoms with Gasteiger partial charge in [-0.3, -0.25) is 10.5 Å². The summed E-state index contributed by atoms with van der Waals surface area (Å²) in [5.41, 5.74) is 5.24. The number of aliphatic hydroxyl groups excluding tert-OH is 2. The van der Waals surface area contributed by atoms with Crippen LogP contribution in [-0.4, -0.2) is 76.9 Å². The maximum absolute atomic E-state index is 9.33. The molecule has 0 atom stereocenters. The van der Waals surface area contributed by atoms with Crippen LogP contribution in [0.25, 0.3) is 0 Å². The van der Waals surface area contributed by atoms with Gasteiger partial charge in [0.1, 0.15) is 19.5 Å². The first-order valence-electron chi connectivity index (χ1n) is 15.2. The van der Waals surface area contributed by atoms with Crippen molar-refractivity contribution in [2.45, 2.75) is 20.1 Å². The van der Waals surface area contributed by atoms with Crippen LogP contribution in [0.4, 0.5) is 58.2 Å². The van der Waals surface area contributed by atoms with Gasteiger partial charge in [0.2, 0.25) is 29.7 Å². The lowest BCUT2D eigenvalue weighted by Gasteiger charge is -2.12. The standard InChI is InChI=1S/C31H35N13O6/c1-19-12-24(6-7-26(19)44-43-25-14-20(16-49-47)13-21(15-25)17-50-48)38-31-41-28(33-9-11-46)40-30(42-31)37-23-4-2-22(3-5-23)36-29-35-18-34-27(39-29)32-8-10-45/h2-7,12-15,18,45-48H,8-11,16-17H2,1H3,(H2,32,34,35,36,39)(H3,33,37,38,40,41,42). The normalized spacial score (nSPS) is 11.1. The molecule has 0 bridgehead atoms. The molecule has 2 heterocycles. The van der Waals surface area contributed by atoms with Gasteiger partial charge in [0, 0.05) is 30.2 Å². The number of rotatable bonds is 18. The van der Waals surface area contributed by atoms with Crippen LogP contribution in [0, 0.1) is 6.92 Å². The molecule has 260 valence electrons. The van der Waals surface area contributed by atoms with Crippen molar-refractivity contribution in [2.24, 2.45) is 10.2 Å². The van der Waals surface area contributed by atoms with E-state index in [-0.39, 0.29) is 50.8 Å². The van der Waals surface area contributed by atoms with Crippen LogP contribution in [-0.2, 0) is 23.0 Å². The molecule has 50 heavy (non-hydrogen) atoms. The first kappa shape index (κ1) is 35.3. The van der Waals surface area contributed by atoms with Crippen LogP contribution in [0.1, 0.15) is 16.7 Å². The predicted molar refractivity (Wildman–Crippen MR) is 184 cm³/mol. The van der Waals surface area contributed by atoms with Gasteiger partial charge in [-0.05, 0) is 78.2 Å². The topological polar surface area (TPSA) is 262 Å². The van der Waals surface area contributed by atoms with Gasteiger partial charge in [-0.25, -0.2) is 19.7 Å². The smallest absolute Gasteiger partial charge is 0.233 e. The number of nitrogens with one attached hydrogen (secondary N) is 5. The summed E-state index contributed by atoms with van der Waals surface area (Å²) in [5.74, 6) is 1.43. The third-order valence-corrected chi connectivity index (χ3v) is 6.62. The fourth-order valence-corrected chi connectivity index (χ4v) is 4.44. The summed E-state index contributed by atoms with van der Waals surface area (Å²) < 4.78 is 0. The molecule has 0 aliphatic rings. The highest BCUT2D eigenvalue weighted by molar-refractivity contribution is 5.64. The van der Waals surface area contributed by atoms with Crippen LogP contribution in [0.3, 0.4) is 0 Å². The lowest BCUT2D eigenvalue weighted by atomic mass is 10.1. The highest BCUT2D eigenvalue weighted by atomic mass is 17.1. The van der Waals surface area contributed by atoms with Crippen molar-refractivity contribution >= 4 is 58.2 Å². The summed E-state index contributed by atoms with van der Waals surface area (Å²) in [6.07, 6.45) is 1.37. The molecule has 0 saturated heterocycles. The van der Waals surface area contributed by atoms with E-state index in [2.05, 4.69) is 76.5 Å². The third-order valence-electron chi connectivity index (χ3n) is 6.62. The Morgan fingerprint density at radius 3 is 1.72 bits per heavy atom. The van der Waals surface area contributed by atoms with E-state index in [1.165, 1.54) is 6.33 Å². The molecule has 9 N–H and O–H groups in total. The average Bonchev–Trinajstić information content (AvgIpc) is 3.11. The van der Waals surface area contributed by atoms with Crippen LogP contribution in [0.2, 0.25) is 0 Å². The molecular weight excluding hydrogens is 650 g/mol. The molecule has 5 aromatic rings. The number of anilines is 8. The molecule has 0 aliphatic heterocycles. The molecule has 0 amide bonds. The zero-order valence-electron chi connectivity index (χ0n) is 26.8. The van der Waals surface area contributed by atoms with E-state index in [9.17, 15) is 5.11 Å². The van der Waals surface area contributed by atoms with Crippen LogP contribution in [0.5, 0.6) is 0 Å². The van der Waals surface area contributed by atoms with Crippen molar-refractivity contribution < 1.29 is 30.5 Å². The Bertz CT molecular complexity index is 1860. The summed E-state index contributed by atoms with van der Waals surface area (Å²) >= 11 is 0. The van der Waals surface area contributed by atoms with E-state index < -0.39 is 0 Å². The monoisotopic (exact) mass is 685 g/mol. The number of azo groups is 1. The van der Waals surface area contributed by atoms with E-state index in [1.807, 2.05) is 37.3 Å². The number of benzene rings is 3. The van der Waals surface area contributed by atoms with Gasteiger partial charge < -0.3 is 36.8 Å². The Labute approximate surface area is 285 Å². The highest BCUT2D eigenvalue weighted by Crippen LogP contribution is 2.28. The van der Waals surface area contributed by atoms with Crippen molar-refractivity contribution in [2.75, 3.05) is 52.9 Å². The van der Waals surface area contributed by atoms with Gasteiger partial charge in [-0.2, -0.15) is 30.2 Å². The lowest BCUT2D eigenvalue weighted by molar-refractivity contribution is -0.254. The maximum Gasteiger partial charge on any atom is 0.233 e. The molecule has 0 fully saturated rings. The van der Waals surface area contributed by atoms with Crippen molar-refractivity contribution in [1.29, 1.82) is 0 Å². The van der Waals surface area contributed by atoms with Gasteiger partial charge in [-0.15, -0.1) is 0 Å². The van der Waals surface area contributed by atoms with E-state index in [0.29, 0.717) is 52.3 Å². The van der Waals surface area contributed by atoms with Crippen molar-refractivity contribution in [3.05, 3.63) is 83.7 Å². The first-order valence-corrected chi connectivity index (χ1v) is 15.2. The largest absolute Gasteiger partial charge is 0.395 e. The molecule has 19 nitrogen and oxygen atoms in total. The predicted octanol–water partition coefficient (Wildman–Crippen LogP) is 4.80. The molecular formula is C31H35N13O6. The SMILES string of the molecule is Cc1cc(Nc2nc(NCCO)nc(Nc3ccc(Nc4ncnc(NCCO)n4)cc3)n2)ccc1N=Nc1cc(COO)cc(COO)c1. The lowest BCUT2D eigenvalue weighted by Crippen LogP contribution is -2.12. The molecule has 0 unspecified atom stereocenters. The van der Waals surface area contributed by atoms with Gasteiger partial charge in [0.25, 0.3) is 0 Å². The van der Waals surface area contributed by atoms with E-state index in [0.717, 1.165) is 11.3 Å². The minimum atomic E-state index is -0.114. The molecule has 0 radical (unpaired) electrons. The maximum atomic E-state index is 9.33. The van der Waals surface area contributed by atoms with E-state index in [4.69, 9.17) is 15.6 Å². The Morgan fingerprint density at radius 1 is 0.600 bits per heavy atom. The molecule has 0 saturated carbocycles. The number of nitrogens with zero attached hydrogens (tertiary/aromatic N) is 8. The fraction of sp³-hybridized carbons (Fsp3) is 0.226. The molecule has 19 heteroatoms. The summed E-state index contributed by atoms with van der Waals surface area (Å²) in [6, 6.07) is 17.8. The van der Waals surface area contributed by atoms with Crippen molar-refractivity contribution in [1.82, 2.24) is 29.9 Å². The van der Waals surface area contributed by atoms with Gasteiger partial charge in [0.05, 0.1) is 24.6 Å². The van der Waals surface area contributed by atoms with E-state index >= 15 is 0 Å². The highest BCUT2D eigenvalue weighted by Gasteiger charge is 2.10. The molecule has 0 aliphatic carbocycles. The second-order valence-electron chi connectivity index (χ2n) is 10.4. The first-order chi connectivity index (χ1) is 24.4. The van der Waals surface area contributed by atoms with Crippen LogP contribution in [0.15, 0.2) is 77.2 Å². The number of aliphatic hydroxyl groups is 2. The summed E-state index contributed by atoms with van der Waals surface area (Å²) in [6.45, 7) is 2.14. The number of aryl methyl sites for hydroxylation is 1. The molecule has 0 spiro atoms. The van der Waals surface area contributed by atoms with Gasteiger partial charge >= 0.3 is 0 Å². The van der Waals surface area contributed by atoms with Crippen molar-refractivity contribution in [3.63, 3.8) is 0 Å². The Kier molecular flexibility index (Phi) is 12.7. The van der Waals surface area contributed by atoms with Gasteiger partial charge in [-0.1, -0.05) is 6.07 Å². The summed E-state index contributed by atoms with van der Waals surface area (Å²) in [7, 11) is 0. The zero-order chi connectivity index (χ0) is 35.1. The Balaban J connectivity index is 1.28. The summed E-state index contributed by atoms with van der Waals surface area (Å²) in [5, 5.41) is 60.0. The van der Waals surface area contributed by atoms with Crippen LogP contribution >= 0.6 is 0 Å². The number of aromatic nitrogens is 6. The third kappa shape index (κ3) is 10.5. The van der Waals surface area contributed by atoms with Crippen molar-refractivity contribution in [3.8, 4) is 0 Å². The minimum absolute atomic E-state index is 0.0472. The zero-order valence-corrected chi connectivity index (χ0v) is 26.8. The van der Waals surface area contributed by atoms with Crippen LogP contribution < -0.4 is 26.6 Å². The van der Waals surface area contributed by atoms with E-state index in [1.54, 1.807) is 30.3 Å². The fourth-order valence-electron chi connectivity index (χ4n) is 4.44. The van der Waals surface area contributed by atoms with Gasteiger partial charge in [0.15, 0.2) is 0 Å². The number of hydrogen-bond acceptors (Lipinski definition) is 19. The molecule has 3 aromatic carbocycles. The molecule has 5 rings (SSSR count). The molecule has 2 aromatic heterocycles. The minimum Gasteiger partial charge on any atom is -0.395 e. The average molecular weight is 686 g/mol. The Morgan fingerprint density at radius 2 is 1.12 bits per heavy atom.